The van der Waals surface area contributed by atoms with E-state index >= 15 is 0 Å². The highest BCUT2D eigenvalue weighted by Crippen LogP contribution is 2.31. The molecule has 1 N–H and O–H groups in total. The van der Waals surface area contributed by atoms with E-state index in [1.165, 1.54) is 15.3 Å². The number of halogens is 1. The van der Waals surface area contributed by atoms with Gasteiger partial charge >= 0.3 is 0 Å². The van der Waals surface area contributed by atoms with E-state index in [-0.39, 0.29) is 22.9 Å². The molecule has 142 valence electrons. The fraction of sp³-hybridized carbons (Fsp3) is 0.400. The van der Waals surface area contributed by atoms with Crippen LogP contribution in [0.4, 0.5) is 0 Å². The SMILES string of the molecule is Br.Cc1ccc(-c2ccc3c(C(=O)N4CCN5CCC4CC5)n[nH]c3c2)s1. The Morgan fingerprint density at radius 3 is 2.70 bits per heavy atom. The van der Waals surface area contributed by atoms with Crippen molar-refractivity contribution >= 4 is 45.1 Å². The van der Waals surface area contributed by atoms with Crippen molar-refractivity contribution in [3.8, 4) is 10.4 Å². The minimum absolute atomic E-state index is 0. The van der Waals surface area contributed by atoms with Crippen LogP contribution in [0.2, 0.25) is 0 Å². The van der Waals surface area contributed by atoms with E-state index in [4.69, 9.17) is 0 Å². The van der Waals surface area contributed by atoms with Crippen LogP contribution < -0.4 is 0 Å². The lowest BCUT2D eigenvalue weighted by molar-refractivity contribution is 0.0681. The number of amides is 1. The topological polar surface area (TPSA) is 52.2 Å². The molecule has 1 aromatic carbocycles. The summed E-state index contributed by atoms with van der Waals surface area (Å²) in [7, 11) is 0. The van der Waals surface area contributed by atoms with Crippen LogP contribution in [0.15, 0.2) is 30.3 Å². The lowest BCUT2D eigenvalue weighted by atomic mass is 10.0. The maximum Gasteiger partial charge on any atom is 0.275 e. The molecule has 3 aromatic rings. The fourth-order valence-corrected chi connectivity index (χ4v) is 5.08. The monoisotopic (exact) mass is 446 g/mol. The zero-order valence-corrected chi connectivity index (χ0v) is 17.8. The number of benzene rings is 1. The molecule has 3 aliphatic heterocycles. The molecule has 0 atom stereocenters. The van der Waals surface area contributed by atoms with Crippen molar-refractivity contribution in [1.29, 1.82) is 0 Å². The second-order valence-electron chi connectivity index (χ2n) is 7.31. The Labute approximate surface area is 173 Å². The third kappa shape index (κ3) is 3.32. The normalized spacial score (nSPS) is 21.9. The number of carbonyl (C=O) groups excluding carboxylic acids is 1. The molecule has 6 rings (SSSR count). The van der Waals surface area contributed by atoms with E-state index in [0.29, 0.717) is 11.7 Å². The summed E-state index contributed by atoms with van der Waals surface area (Å²) < 4.78 is 0. The molecule has 2 aromatic heterocycles. The Kier molecular flexibility index (Phi) is 5.09. The zero-order chi connectivity index (χ0) is 17.7. The molecule has 0 radical (unpaired) electrons. The number of nitrogens with zero attached hydrogens (tertiary/aromatic N) is 3. The summed E-state index contributed by atoms with van der Waals surface area (Å²) in [5.74, 6) is 0.0738. The van der Waals surface area contributed by atoms with Gasteiger partial charge in [0.05, 0.1) is 5.52 Å². The van der Waals surface area contributed by atoms with E-state index in [0.717, 1.165) is 49.9 Å². The fourth-order valence-electron chi connectivity index (χ4n) is 4.22. The van der Waals surface area contributed by atoms with E-state index in [9.17, 15) is 4.79 Å². The van der Waals surface area contributed by atoms with Crippen molar-refractivity contribution in [2.75, 3.05) is 26.2 Å². The van der Waals surface area contributed by atoms with E-state index in [2.05, 4.69) is 51.2 Å². The van der Waals surface area contributed by atoms with Gasteiger partial charge in [-0.15, -0.1) is 28.3 Å². The van der Waals surface area contributed by atoms with Gasteiger partial charge < -0.3 is 9.80 Å². The van der Waals surface area contributed by atoms with Crippen molar-refractivity contribution in [3.05, 3.63) is 40.9 Å². The summed E-state index contributed by atoms with van der Waals surface area (Å²) in [4.78, 5) is 20.3. The van der Waals surface area contributed by atoms with E-state index in [1.807, 2.05) is 6.07 Å². The average Bonchev–Trinajstić information content (AvgIpc) is 3.16. The quantitative estimate of drug-likeness (QED) is 0.644. The smallest absolute Gasteiger partial charge is 0.275 e. The number of nitrogens with one attached hydrogen (secondary N) is 1. The van der Waals surface area contributed by atoms with Crippen LogP contribution in [0.3, 0.4) is 0 Å². The van der Waals surface area contributed by atoms with Crippen molar-refractivity contribution in [2.45, 2.75) is 25.8 Å². The van der Waals surface area contributed by atoms with Gasteiger partial charge in [0, 0.05) is 47.4 Å². The maximum atomic E-state index is 13.2. The first-order chi connectivity index (χ1) is 12.7. The molecule has 0 aliphatic carbocycles. The zero-order valence-electron chi connectivity index (χ0n) is 15.3. The van der Waals surface area contributed by atoms with Crippen LogP contribution >= 0.6 is 28.3 Å². The number of carbonyl (C=O) groups is 1. The Bertz CT molecular complexity index is 973. The first-order valence-electron chi connectivity index (χ1n) is 9.27. The van der Waals surface area contributed by atoms with Gasteiger partial charge in [0.2, 0.25) is 0 Å². The van der Waals surface area contributed by atoms with Crippen LogP contribution in [0.1, 0.15) is 28.2 Å². The van der Waals surface area contributed by atoms with Gasteiger partial charge in [0.25, 0.3) is 5.91 Å². The van der Waals surface area contributed by atoms with Crippen LogP contribution in [0, 0.1) is 6.92 Å². The highest BCUT2D eigenvalue weighted by molar-refractivity contribution is 8.93. The predicted molar refractivity (Wildman–Crippen MR) is 115 cm³/mol. The minimum atomic E-state index is 0. The van der Waals surface area contributed by atoms with Gasteiger partial charge in [-0.3, -0.25) is 9.89 Å². The molecule has 0 saturated carbocycles. The summed E-state index contributed by atoms with van der Waals surface area (Å²) in [6.07, 6.45) is 2.16. The Balaban J connectivity index is 0.00000180. The number of H-pyrrole nitrogens is 1. The lowest BCUT2D eigenvalue weighted by Gasteiger charge is -2.31. The first-order valence-corrected chi connectivity index (χ1v) is 10.1. The lowest BCUT2D eigenvalue weighted by Crippen LogP contribution is -2.41. The number of piperidine rings is 1. The van der Waals surface area contributed by atoms with Crippen LogP contribution in [0.5, 0.6) is 0 Å². The molecule has 0 unspecified atom stereocenters. The Morgan fingerprint density at radius 2 is 1.96 bits per heavy atom. The van der Waals surface area contributed by atoms with Gasteiger partial charge in [-0.25, -0.2) is 0 Å². The molecule has 1 amide bonds. The third-order valence-corrected chi connectivity index (χ3v) is 6.76. The Hall–Kier alpha value is -1.70. The number of hydrogen-bond donors (Lipinski definition) is 1. The van der Waals surface area contributed by atoms with Crippen molar-refractivity contribution in [2.24, 2.45) is 0 Å². The molecule has 3 aliphatic rings. The van der Waals surface area contributed by atoms with E-state index < -0.39 is 0 Å². The molecule has 0 spiro atoms. The van der Waals surface area contributed by atoms with Crippen LogP contribution in [-0.2, 0) is 0 Å². The summed E-state index contributed by atoms with van der Waals surface area (Å²) >= 11 is 1.78. The largest absolute Gasteiger partial charge is 0.333 e. The number of aromatic amines is 1. The summed E-state index contributed by atoms with van der Waals surface area (Å²) in [5.41, 5.74) is 2.66. The van der Waals surface area contributed by atoms with Crippen molar-refractivity contribution in [3.63, 3.8) is 0 Å². The highest BCUT2D eigenvalue weighted by atomic mass is 79.9. The average molecular weight is 447 g/mol. The van der Waals surface area contributed by atoms with Gasteiger partial charge in [-0.05, 0) is 49.6 Å². The summed E-state index contributed by atoms with van der Waals surface area (Å²) in [5, 5.41) is 8.40. The van der Waals surface area contributed by atoms with Crippen LogP contribution in [0.25, 0.3) is 21.3 Å². The molecular formula is C20H23BrN4OS. The second-order valence-corrected chi connectivity index (χ2v) is 8.60. The summed E-state index contributed by atoms with van der Waals surface area (Å²) in [6, 6.07) is 10.9. The molecule has 7 heteroatoms. The Morgan fingerprint density at radius 1 is 1.15 bits per heavy atom. The number of aryl methyl sites for hydroxylation is 1. The number of aromatic nitrogens is 2. The molecular weight excluding hydrogens is 424 g/mol. The standard InChI is InChI=1S/C20H22N4OS.BrH/c1-13-2-5-18(26-13)14-3-4-16-17(12-14)21-22-19(16)20(25)24-11-10-23-8-6-15(24)7-9-23;/h2-5,12,15H,6-11H2,1H3,(H,21,22);1H. The third-order valence-electron chi connectivity index (χ3n) is 5.71. The van der Waals surface area contributed by atoms with Crippen molar-refractivity contribution in [1.82, 2.24) is 20.0 Å². The first kappa shape index (κ1) is 18.7. The highest BCUT2D eigenvalue weighted by Gasteiger charge is 2.33. The molecule has 5 nitrogen and oxygen atoms in total. The molecule has 2 bridgehead atoms. The number of hydrogen-bond acceptors (Lipinski definition) is 4. The molecule has 5 heterocycles. The van der Waals surface area contributed by atoms with Gasteiger partial charge in [0.15, 0.2) is 5.69 Å². The number of thiophene rings is 1. The number of rotatable bonds is 2. The van der Waals surface area contributed by atoms with Crippen LogP contribution in [-0.4, -0.2) is 58.1 Å². The predicted octanol–water partition coefficient (Wildman–Crippen LogP) is 4.10. The van der Waals surface area contributed by atoms with Gasteiger partial charge in [-0.1, -0.05) is 6.07 Å². The second kappa shape index (κ2) is 7.37. The van der Waals surface area contributed by atoms with E-state index in [1.54, 1.807) is 11.3 Å². The van der Waals surface area contributed by atoms with Gasteiger partial charge in [0.1, 0.15) is 0 Å². The minimum Gasteiger partial charge on any atom is -0.333 e. The van der Waals surface area contributed by atoms with Gasteiger partial charge in [-0.2, -0.15) is 5.10 Å². The molecule has 27 heavy (non-hydrogen) atoms. The molecule has 3 fully saturated rings. The molecule has 3 saturated heterocycles. The van der Waals surface area contributed by atoms with Crippen molar-refractivity contribution < 1.29 is 4.79 Å². The summed E-state index contributed by atoms with van der Waals surface area (Å²) in [6.45, 7) is 6.13. The number of fused-ring (bicyclic) bond motifs is 5. The maximum absolute atomic E-state index is 13.2.